The molecule has 0 spiro atoms. The van der Waals surface area contributed by atoms with Crippen molar-refractivity contribution in [3.63, 3.8) is 0 Å². The van der Waals surface area contributed by atoms with Crippen molar-refractivity contribution in [3.05, 3.63) is 12.2 Å². The van der Waals surface area contributed by atoms with Crippen LogP contribution in [0, 0.1) is 28.6 Å². The van der Waals surface area contributed by atoms with Gasteiger partial charge in [0.25, 0.3) is 0 Å². The number of carbonyl (C=O) groups excluding carboxylic acids is 1. The van der Waals surface area contributed by atoms with E-state index in [1.807, 2.05) is 6.92 Å². The molecule has 0 saturated heterocycles. The second-order valence-corrected chi connectivity index (χ2v) is 8.47. The van der Waals surface area contributed by atoms with E-state index in [1.165, 1.54) is 5.57 Å². The van der Waals surface area contributed by atoms with E-state index in [1.54, 1.807) is 0 Å². The Morgan fingerprint density at radius 1 is 1.43 bits per heavy atom. The van der Waals surface area contributed by atoms with Crippen LogP contribution in [0.4, 0.5) is 0 Å². The van der Waals surface area contributed by atoms with Crippen molar-refractivity contribution >= 4 is 12.3 Å². The Morgan fingerprint density at radius 3 is 2.74 bits per heavy atom. The van der Waals surface area contributed by atoms with Crippen LogP contribution in [0.3, 0.4) is 0 Å². The van der Waals surface area contributed by atoms with E-state index in [4.69, 9.17) is 0 Å². The number of aliphatic carboxylic acids is 1. The van der Waals surface area contributed by atoms with Crippen molar-refractivity contribution in [1.82, 2.24) is 0 Å². The van der Waals surface area contributed by atoms with Gasteiger partial charge in [-0.2, -0.15) is 0 Å². The van der Waals surface area contributed by atoms with Crippen molar-refractivity contribution < 1.29 is 14.7 Å². The summed E-state index contributed by atoms with van der Waals surface area (Å²) in [7, 11) is 0. The Bertz CT molecular complexity index is 483. The van der Waals surface area contributed by atoms with Gasteiger partial charge in [0.15, 0.2) is 0 Å². The third-order valence-corrected chi connectivity index (χ3v) is 6.95. The first-order valence-corrected chi connectivity index (χ1v) is 9.10. The van der Waals surface area contributed by atoms with Gasteiger partial charge >= 0.3 is 5.97 Å². The average molecular weight is 320 g/mol. The predicted molar refractivity (Wildman–Crippen MR) is 92.1 cm³/mol. The third kappa shape index (κ3) is 3.25. The summed E-state index contributed by atoms with van der Waals surface area (Å²) in [4.78, 5) is 22.7. The van der Waals surface area contributed by atoms with Crippen LogP contribution in [0.5, 0.6) is 0 Å². The molecule has 1 N–H and O–H groups in total. The number of hydrogen-bond donors (Lipinski definition) is 1. The predicted octanol–water partition coefficient (Wildman–Crippen LogP) is 4.86. The summed E-state index contributed by atoms with van der Waals surface area (Å²) in [5, 5.41) is 9.83. The second kappa shape index (κ2) is 6.78. The number of carboxylic acids is 1. The molecular formula is C20H32O3. The molecule has 23 heavy (non-hydrogen) atoms. The summed E-state index contributed by atoms with van der Waals surface area (Å²) in [6.07, 6.45) is 8.48. The Morgan fingerprint density at radius 2 is 2.13 bits per heavy atom. The van der Waals surface area contributed by atoms with Gasteiger partial charge in [-0.15, -0.1) is 0 Å². The van der Waals surface area contributed by atoms with Gasteiger partial charge in [0.1, 0.15) is 6.29 Å². The number of aldehydes is 1. The minimum Gasteiger partial charge on any atom is -0.481 e. The quantitative estimate of drug-likeness (QED) is 0.562. The molecule has 2 saturated carbocycles. The number of carboxylic acid groups (broad SMARTS) is 1. The van der Waals surface area contributed by atoms with Gasteiger partial charge in [0, 0.05) is 6.42 Å². The molecule has 0 bridgehead atoms. The zero-order chi connectivity index (χ0) is 17.3. The Kier molecular flexibility index (Phi) is 5.37. The van der Waals surface area contributed by atoms with Crippen LogP contribution in [0.2, 0.25) is 0 Å². The van der Waals surface area contributed by atoms with E-state index in [9.17, 15) is 14.7 Å². The molecule has 0 aliphatic heterocycles. The first-order valence-electron chi connectivity index (χ1n) is 9.10. The van der Waals surface area contributed by atoms with Crippen LogP contribution in [-0.2, 0) is 9.59 Å². The van der Waals surface area contributed by atoms with E-state index >= 15 is 0 Å². The maximum atomic E-state index is 12.0. The summed E-state index contributed by atoms with van der Waals surface area (Å²) < 4.78 is 0. The molecule has 0 heterocycles. The maximum Gasteiger partial charge on any atom is 0.309 e. The van der Waals surface area contributed by atoms with Gasteiger partial charge in [-0.25, -0.2) is 0 Å². The highest BCUT2D eigenvalue weighted by atomic mass is 16.4. The van der Waals surface area contributed by atoms with E-state index < -0.39 is 11.4 Å². The number of fused-ring (bicyclic) bond motifs is 1. The average Bonchev–Trinajstić information content (AvgIpc) is 2.46. The van der Waals surface area contributed by atoms with Gasteiger partial charge in [0.2, 0.25) is 0 Å². The highest BCUT2D eigenvalue weighted by molar-refractivity contribution is 5.75. The van der Waals surface area contributed by atoms with Crippen LogP contribution in [0.1, 0.15) is 72.1 Å². The maximum absolute atomic E-state index is 12.0. The first-order chi connectivity index (χ1) is 10.8. The zero-order valence-corrected chi connectivity index (χ0v) is 14.9. The molecule has 0 amide bonds. The summed E-state index contributed by atoms with van der Waals surface area (Å²) >= 11 is 0. The van der Waals surface area contributed by atoms with E-state index in [-0.39, 0.29) is 11.3 Å². The van der Waals surface area contributed by atoms with E-state index in [0.29, 0.717) is 18.3 Å². The Balaban J connectivity index is 2.22. The third-order valence-electron chi connectivity index (χ3n) is 6.95. The van der Waals surface area contributed by atoms with Gasteiger partial charge in [-0.3, -0.25) is 4.79 Å². The minimum atomic E-state index is -0.631. The van der Waals surface area contributed by atoms with Crippen molar-refractivity contribution in [2.24, 2.45) is 28.6 Å². The molecule has 0 unspecified atom stereocenters. The lowest BCUT2D eigenvalue weighted by Gasteiger charge is -2.57. The number of allylic oxidation sites excluding steroid dienone is 1. The lowest BCUT2D eigenvalue weighted by Crippen LogP contribution is -2.53. The topological polar surface area (TPSA) is 54.4 Å². The largest absolute Gasteiger partial charge is 0.481 e. The summed E-state index contributed by atoms with van der Waals surface area (Å²) in [5.41, 5.74) is 0.749. The van der Waals surface area contributed by atoms with Crippen molar-refractivity contribution in [2.75, 3.05) is 0 Å². The number of carbonyl (C=O) groups is 2. The highest BCUT2D eigenvalue weighted by Gasteiger charge is 2.57. The van der Waals surface area contributed by atoms with Gasteiger partial charge in [0.05, 0.1) is 5.41 Å². The Labute approximate surface area is 140 Å². The van der Waals surface area contributed by atoms with Crippen LogP contribution < -0.4 is 0 Å². The monoisotopic (exact) mass is 320 g/mol. The molecular weight excluding hydrogens is 288 g/mol. The van der Waals surface area contributed by atoms with Gasteiger partial charge in [-0.1, -0.05) is 32.4 Å². The summed E-state index contributed by atoms with van der Waals surface area (Å²) in [6.45, 7) is 10.7. The van der Waals surface area contributed by atoms with E-state index in [0.717, 1.165) is 51.2 Å². The SMILES string of the molecule is C=C1CC[C@@H]2[C@](C)(CCC[C@]2(C)C(=O)O)[C@H]1CC[C@@H](C)CC=O. The highest BCUT2D eigenvalue weighted by Crippen LogP contribution is 2.62. The van der Waals surface area contributed by atoms with Gasteiger partial charge in [-0.05, 0) is 68.6 Å². The summed E-state index contributed by atoms with van der Waals surface area (Å²) in [5.74, 6) is 0.403. The first kappa shape index (κ1) is 18.2. The molecule has 5 atom stereocenters. The fraction of sp³-hybridized carbons (Fsp3) is 0.800. The molecule has 3 heteroatoms. The normalized spacial score (nSPS) is 38.7. The summed E-state index contributed by atoms with van der Waals surface area (Å²) in [6, 6.07) is 0. The molecule has 0 aromatic carbocycles. The Hall–Kier alpha value is -1.12. The smallest absolute Gasteiger partial charge is 0.309 e. The van der Waals surface area contributed by atoms with Gasteiger partial charge < -0.3 is 9.90 Å². The number of hydrogen-bond acceptors (Lipinski definition) is 2. The van der Waals surface area contributed by atoms with Crippen LogP contribution >= 0.6 is 0 Å². The fourth-order valence-corrected chi connectivity index (χ4v) is 5.47. The van der Waals surface area contributed by atoms with Crippen LogP contribution in [0.25, 0.3) is 0 Å². The van der Waals surface area contributed by atoms with Crippen molar-refractivity contribution in [2.45, 2.75) is 72.1 Å². The molecule has 130 valence electrons. The molecule has 2 rings (SSSR count). The van der Waals surface area contributed by atoms with E-state index in [2.05, 4.69) is 20.4 Å². The van der Waals surface area contributed by atoms with Crippen molar-refractivity contribution in [3.8, 4) is 0 Å². The van der Waals surface area contributed by atoms with Crippen LogP contribution in [-0.4, -0.2) is 17.4 Å². The molecule has 0 aromatic heterocycles. The molecule has 0 radical (unpaired) electrons. The number of rotatable bonds is 6. The van der Waals surface area contributed by atoms with Crippen molar-refractivity contribution in [1.29, 1.82) is 0 Å². The standard InChI is InChI=1S/C20H32O3/c1-14(10-13-21)6-8-16-15(2)7-9-17-19(16,3)11-5-12-20(17,4)18(22)23/h13-14,16-17H,2,5-12H2,1,3-4H3,(H,22,23)/t14-,16+,17-,19-,20+/m1/s1. The minimum absolute atomic E-state index is 0.0433. The zero-order valence-electron chi connectivity index (χ0n) is 14.9. The molecule has 2 aliphatic rings. The second-order valence-electron chi connectivity index (χ2n) is 8.47. The lowest BCUT2D eigenvalue weighted by atomic mass is 9.46. The lowest BCUT2D eigenvalue weighted by molar-refractivity contribution is -0.164. The fourth-order valence-electron chi connectivity index (χ4n) is 5.47. The molecule has 3 nitrogen and oxygen atoms in total. The molecule has 0 aromatic rings. The molecule has 2 aliphatic carbocycles. The van der Waals surface area contributed by atoms with Crippen LogP contribution in [0.15, 0.2) is 12.2 Å². The molecule has 2 fully saturated rings.